The summed E-state index contributed by atoms with van der Waals surface area (Å²) in [4.78, 5) is 15.2. The van der Waals surface area contributed by atoms with Crippen molar-refractivity contribution in [2.75, 3.05) is 0 Å². The monoisotopic (exact) mass is 863 g/mol. The number of pyridine rings is 3. The van der Waals surface area contributed by atoms with E-state index in [0.717, 1.165) is 76.8 Å². The number of nitrogens with zero attached hydrogens (tertiary/aromatic N) is 5. The molecule has 12 rings (SSSR count). The molecule has 0 fully saturated rings. The van der Waals surface area contributed by atoms with Crippen molar-refractivity contribution in [2.45, 2.75) is 27.7 Å². The Morgan fingerprint density at radius 1 is 0.467 bits per heavy atom. The summed E-state index contributed by atoms with van der Waals surface area (Å²) in [6, 6.07) is 54.0. The minimum Gasteiger partial charge on any atom is -0.497 e. The third-order valence-corrected chi connectivity index (χ3v) is 12.1. The van der Waals surface area contributed by atoms with Crippen molar-refractivity contribution in [2.24, 2.45) is 0 Å². The second-order valence-electron chi connectivity index (χ2n) is 15.6. The van der Waals surface area contributed by atoms with Gasteiger partial charge in [-0.05, 0) is 108 Å². The van der Waals surface area contributed by atoms with Crippen LogP contribution in [0.2, 0.25) is 0 Å². The van der Waals surface area contributed by atoms with E-state index >= 15 is 0 Å². The van der Waals surface area contributed by atoms with Crippen LogP contribution in [0.5, 0.6) is 11.5 Å². The van der Waals surface area contributed by atoms with Gasteiger partial charge in [-0.3, -0.25) is 9.97 Å². The van der Waals surface area contributed by atoms with Gasteiger partial charge in [-0.15, -0.1) is 12.1 Å². The molecular formula is C53H35N5OPd. The zero-order valence-corrected chi connectivity index (χ0v) is 34.8. The number of rotatable bonds is 4. The minimum absolute atomic E-state index is 0. The largest absolute Gasteiger partial charge is 2.00 e. The molecule has 0 aliphatic heterocycles. The summed E-state index contributed by atoms with van der Waals surface area (Å²) >= 11 is 0. The molecule has 0 bridgehead atoms. The van der Waals surface area contributed by atoms with Gasteiger partial charge in [0, 0.05) is 28.8 Å². The van der Waals surface area contributed by atoms with E-state index < -0.39 is 0 Å². The Morgan fingerprint density at radius 2 is 1.00 bits per heavy atom. The van der Waals surface area contributed by atoms with Crippen LogP contribution in [-0.4, -0.2) is 23.8 Å². The van der Waals surface area contributed by atoms with Crippen molar-refractivity contribution in [1.29, 1.82) is 0 Å². The topological polar surface area (TPSA) is 56.7 Å². The summed E-state index contributed by atoms with van der Waals surface area (Å²) in [7, 11) is 0. The first kappa shape index (κ1) is 36.2. The van der Waals surface area contributed by atoms with Crippen LogP contribution in [0.3, 0.4) is 0 Å². The molecule has 7 heteroatoms. The Labute approximate surface area is 359 Å². The summed E-state index contributed by atoms with van der Waals surface area (Å²) < 4.78 is 11.2. The molecule has 0 amide bonds. The van der Waals surface area contributed by atoms with E-state index in [-0.39, 0.29) is 20.4 Å². The molecular weight excluding hydrogens is 829 g/mol. The smallest absolute Gasteiger partial charge is 0.497 e. The third-order valence-electron chi connectivity index (χ3n) is 12.1. The maximum absolute atomic E-state index is 6.74. The molecule has 0 N–H and O–H groups in total. The van der Waals surface area contributed by atoms with Crippen LogP contribution in [0.15, 0.2) is 140 Å². The Bertz CT molecular complexity index is 3730. The maximum atomic E-state index is 6.74. The van der Waals surface area contributed by atoms with Crippen LogP contribution in [0.1, 0.15) is 22.3 Å². The van der Waals surface area contributed by atoms with E-state index in [0.29, 0.717) is 11.5 Å². The summed E-state index contributed by atoms with van der Waals surface area (Å²) in [5.41, 5.74) is 17.2. The molecule has 12 aromatic rings. The van der Waals surface area contributed by atoms with Gasteiger partial charge in [-0.1, -0.05) is 125 Å². The van der Waals surface area contributed by atoms with Gasteiger partial charge in [0.2, 0.25) is 0 Å². The SMILES string of the molecule is Cc1cccc(C)c1-c1ccc(-c2c(C)cccc2C)c2c1c1ccc(Oc3[c-]c4c(cc3)c3cccnc3n3c5ccccc5nc43)[c-]c1c1nc3ccccc3n12.[Pd+2]. The molecule has 0 unspecified atom stereocenters. The standard InChI is InChI=1S/C53H35N5O.Pd/c1-30-12-9-13-31(2)47(30)39-25-26-40(48-32(3)14-10-15-33(48)4)50-49(39)37-24-22-35(29-42(37)52-55-43-17-5-7-19-45(43)57(50)52)59-34-21-23-36-38-16-11-27-54-51(38)58-46-20-8-6-18-44(46)56-53(58)41(36)28-34;/h5-27H,1-4H3;/q-2;+2. The number of para-hydroxylation sites is 4. The first-order chi connectivity index (χ1) is 28.9. The zero-order chi connectivity index (χ0) is 39.5. The number of aryl methyl sites for hydroxylation is 4. The van der Waals surface area contributed by atoms with Crippen molar-refractivity contribution >= 4 is 76.8 Å². The number of imidazole rings is 2. The van der Waals surface area contributed by atoms with E-state index in [1.54, 1.807) is 0 Å². The second-order valence-corrected chi connectivity index (χ2v) is 15.6. The summed E-state index contributed by atoms with van der Waals surface area (Å²) in [5.74, 6) is 1.15. The van der Waals surface area contributed by atoms with Crippen LogP contribution in [0.25, 0.3) is 99.1 Å². The number of aromatic nitrogens is 5. The van der Waals surface area contributed by atoms with Gasteiger partial charge >= 0.3 is 20.4 Å². The average molecular weight is 864 g/mol. The van der Waals surface area contributed by atoms with E-state index in [2.05, 4.69) is 146 Å². The van der Waals surface area contributed by atoms with E-state index in [9.17, 15) is 0 Å². The van der Waals surface area contributed by atoms with E-state index in [1.165, 1.54) is 44.5 Å². The number of ether oxygens (including phenoxy) is 1. The Hall–Kier alpha value is -6.91. The van der Waals surface area contributed by atoms with Gasteiger partial charge in [-0.2, -0.15) is 0 Å². The van der Waals surface area contributed by atoms with Crippen molar-refractivity contribution < 1.29 is 25.2 Å². The molecule has 6 nitrogen and oxygen atoms in total. The van der Waals surface area contributed by atoms with Crippen molar-refractivity contribution in [3.05, 3.63) is 174 Å². The molecule has 288 valence electrons. The fourth-order valence-electron chi connectivity index (χ4n) is 9.57. The third kappa shape index (κ3) is 5.20. The first-order valence-electron chi connectivity index (χ1n) is 20.0. The van der Waals surface area contributed by atoms with Gasteiger partial charge in [0.1, 0.15) is 5.65 Å². The second kappa shape index (κ2) is 13.6. The number of fused-ring (bicyclic) bond motifs is 16. The van der Waals surface area contributed by atoms with Crippen molar-refractivity contribution in [1.82, 2.24) is 23.8 Å². The predicted octanol–water partition coefficient (Wildman–Crippen LogP) is 13.3. The molecule has 5 aromatic heterocycles. The van der Waals surface area contributed by atoms with Crippen LogP contribution in [0.4, 0.5) is 0 Å². The van der Waals surface area contributed by atoms with Gasteiger partial charge in [0.25, 0.3) is 0 Å². The number of benzene rings is 7. The van der Waals surface area contributed by atoms with E-state index in [4.69, 9.17) is 19.7 Å². The Morgan fingerprint density at radius 3 is 1.65 bits per heavy atom. The molecule has 0 atom stereocenters. The molecule has 0 aliphatic rings. The number of hydrogen-bond donors (Lipinski definition) is 0. The molecule has 0 spiro atoms. The Balaban J connectivity index is 0.00000408. The molecule has 0 saturated heterocycles. The maximum Gasteiger partial charge on any atom is 2.00 e. The quantitative estimate of drug-likeness (QED) is 0.100. The molecule has 5 heterocycles. The fraction of sp³-hybridized carbons (Fsp3) is 0.0755. The summed E-state index contributed by atoms with van der Waals surface area (Å²) in [6.07, 6.45) is 1.83. The molecule has 7 aromatic carbocycles. The molecule has 60 heavy (non-hydrogen) atoms. The van der Waals surface area contributed by atoms with Gasteiger partial charge in [0.05, 0.1) is 33.4 Å². The van der Waals surface area contributed by atoms with Crippen molar-refractivity contribution in [3.63, 3.8) is 0 Å². The molecule has 0 aliphatic carbocycles. The van der Waals surface area contributed by atoms with Crippen LogP contribution in [-0.2, 0) is 20.4 Å². The molecule has 0 radical (unpaired) electrons. The molecule has 0 saturated carbocycles. The first-order valence-corrected chi connectivity index (χ1v) is 20.0. The summed E-state index contributed by atoms with van der Waals surface area (Å²) in [5, 5.41) is 6.01. The van der Waals surface area contributed by atoms with Crippen LogP contribution < -0.4 is 4.74 Å². The van der Waals surface area contributed by atoms with Gasteiger partial charge < -0.3 is 13.5 Å². The predicted molar refractivity (Wildman–Crippen MR) is 241 cm³/mol. The minimum atomic E-state index is 0. The fourth-order valence-corrected chi connectivity index (χ4v) is 9.57. The van der Waals surface area contributed by atoms with Gasteiger partial charge in [0.15, 0.2) is 0 Å². The van der Waals surface area contributed by atoms with E-state index in [1.807, 2.05) is 42.6 Å². The summed E-state index contributed by atoms with van der Waals surface area (Å²) in [6.45, 7) is 8.83. The average Bonchev–Trinajstić information content (AvgIpc) is 3.84. The van der Waals surface area contributed by atoms with Crippen molar-refractivity contribution in [3.8, 4) is 33.8 Å². The van der Waals surface area contributed by atoms with Crippen LogP contribution in [0, 0.1) is 39.8 Å². The van der Waals surface area contributed by atoms with Gasteiger partial charge in [-0.25, -0.2) is 4.98 Å². The number of hydrogen-bond acceptors (Lipinski definition) is 4. The Kier molecular flexibility index (Phi) is 8.19. The normalized spacial score (nSPS) is 11.9. The van der Waals surface area contributed by atoms with Crippen LogP contribution >= 0.6 is 0 Å². The zero-order valence-electron chi connectivity index (χ0n) is 33.2.